The van der Waals surface area contributed by atoms with E-state index in [-0.39, 0.29) is 0 Å². The molecule has 0 atom stereocenters. The monoisotopic (exact) mass is 295 g/mol. The molecule has 1 saturated carbocycles. The Morgan fingerprint density at radius 3 is 2.76 bits per heavy atom. The molecule has 1 aliphatic rings. The van der Waals surface area contributed by atoms with Crippen LogP contribution in [0.25, 0.3) is 0 Å². The fourth-order valence-corrected chi connectivity index (χ4v) is 2.53. The molecule has 1 aliphatic carbocycles. The molecule has 0 amide bonds. The fourth-order valence-electron chi connectivity index (χ4n) is 2.12. The smallest absolute Gasteiger partial charge is 0.189 e. The number of hydrogen-bond acceptors (Lipinski definition) is 1. The van der Waals surface area contributed by atoms with Gasteiger partial charge in [0, 0.05) is 10.5 Å². The number of aliphatic imine (C=N–C) groups is 1. The lowest BCUT2D eigenvalue weighted by Gasteiger charge is -2.12. The highest BCUT2D eigenvalue weighted by Gasteiger charge is 2.14. The standard InChI is InChI=1S/C13H18BrN3/c14-12-8-4-1-5-10(12)9-16-13(15)17-11-6-2-3-7-11/h1,4-5,8,11H,2-3,6-7,9H2,(H3,15,16,17). The molecule has 0 heterocycles. The normalized spacial score (nSPS) is 17.4. The third-order valence-electron chi connectivity index (χ3n) is 3.08. The van der Waals surface area contributed by atoms with E-state index in [1.54, 1.807) is 0 Å². The number of guanidine groups is 1. The second kappa shape index (κ2) is 6.05. The van der Waals surface area contributed by atoms with Crippen LogP contribution < -0.4 is 11.1 Å². The van der Waals surface area contributed by atoms with Crippen molar-refractivity contribution in [3.63, 3.8) is 0 Å². The number of rotatable bonds is 3. The number of nitrogens with two attached hydrogens (primary N) is 1. The lowest BCUT2D eigenvalue weighted by molar-refractivity contribution is 0.625. The van der Waals surface area contributed by atoms with E-state index >= 15 is 0 Å². The summed E-state index contributed by atoms with van der Waals surface area (Å²) < 4.78 is 1.08. The first-order valence-corrected chi connectivity index (χ1v) is 6.85. The molecule has 0 aliphatic heterocycles. The topological polar surface area (TPSA) is 50.4 Å². The average molecular weight is 296 g/mol. The van der Waals surface area contributed by atoms with Gasteiger partial charge in [-0.05, 0) is 24.5 Å². The molecule has 2 rings (SSSR count). The van der Waals surface area contributed by atoms with Gasteiger partial charge in [0.1, 0.15) is 0 Å². The zero-order valence-electron chi connectivity index (χ0n) is 9.82. The van der Waals surface area contributed by atoms with Crippen molar-refractivity contribution in [2.24, 2.45) is 10.7 Å². The molecule has 3 N–H and O–H groups in total. The van der Waals surface area contributed by atoms with Gasteiger partial charge in [-0.2, -0.15) is 0 Å². The van der Waals surface area contributed by atoms with Crippen molar-refractivity contribution in [3.05, 3.63) is 34.3 Å². The first-order valence-electron chi connectivity index (χ1n) is 6.05. The predicted octanol–water partition coefficient (Wildman–Crippen LogP) is 2.80. The number of nitrogens with zero attached hydrogens (tertiary/aromatic N) is 1. The van der Waals surface area contributed by atoms with E-state index in [9.17, 15) is 0 Å². The molecule has 0 spiro atoms. The summed E-state index contributed by atoms with van der Waals surface area (Å²) in [6.07, 6.45) is 5.03. The van der Waals surface area contributed by atoms with Crippen molar-refractivity contribution < 1.29 is 0 Å². The van der Waals surface area contributed by atoms with E-state index in [0.29, 0.717) is 18.5 Å². The van der Waals surface area contributed by atoms with Gasteiger partial charge in [-0.15, -0.1) is 0 Å². The Bertz CT molecular complexity index is 397. The SMILES string of the molecule is NC(=NCc1ccccc1Br)NC1CCCC1. The summed E-state index contributed by atoms with van der Waals surface area (Å²) >= 11 is 3.50. The highest BCUT2D eigenvalue weighted by atomic mass is 79.9. The Morgan fingerprint density at radius 2 is 2.06 bits per heavy atom. The Hall–Kier alpha value is -1.03. The summed E-state index contributed by atoms with van der Waals surface area (Å²) in [5.74, 6) is 0.563. The molecule has 0 saturated heterocycles. The van der Waals surface area contributed by atoms with Gasteiger partial charge in [0.15, 0.2) is 5.96 Å². The zero-order valence-corrected chi connectivity index (χ0v) is 11.4. The van der Waals surface area contributed by atoms with Crippen LogP contribution in [0.15, 0.2) is 33.7 Å². The van der Waals surface area contributed by atoms with Crippen LogP contribution in [0.1, 0.15) is 31.2 Å². The van der Waals surface area contributed by atoms with Gasteiger partial charge in [-0.3, -0.25) is 0 Å². The van der Waals surface area contributed by atoms with Gasteiger partial charge >= 0.3 is 0 Å². The molecule has 4 heteroatoms. The van der Waals surface area contributed by atoms with Gasteiger partial charge < -0.3 is 11.1 Å². The zero-order chi connectivity index (χ0) is 12.1. The van der Waals surface area contributed by atoms with Crippen LogP contribution in [0.2, 0.25) is 0 Å². The summed E-state index contributed by atoms with van der Waals surface area (Å²) in [7, 11) is 0. The molecule has 0 bridgehead atoms. The fraction of sp³-hybridized carbons (Fsp3) is 0.462. The molecule has 92 valence electrons. The third kappa shape index (κ3) is 3.73. The molecule has 0 aromatic heterocycles. The highest BCUT2D eigenvalue weighted by Crippen LogP contribution is 2.18. The molecule has 17 heavy (non-hydrogen) atoms. The number of halogens is 1. The quantitative estimate of drug-likeness (QED) is 0.665. The van der Waals surface area contributed by atoms with Gasteiger partial charge in [-0.1, -0.05) is 47.0 Å². The molecule has 1 fully saturated rings. The second-order valence-corrected chi connectivity index (χ2v) is 5.27. The molecule has 1 aromatic rings. The van der Waals surface area contributed by atoms with E-state index in [1.165, 1.54) is 25.7 Å². The number of benzene rings is 1. The van der Waals surface area contributed by atoms with E-state index in [0.717, 1.165) is 10.0 Å². The van der Waals surface area contributed by atoms with Crippen LogP contribution in [0.5, 0.6) is 0 Å². The largest absolute Gasteiger partial charge is 0.370 e. The average Bonchev–Trinajstić information content (AvgIpc) is 2.81. The van der Waals surface area contributed by atoms with Gasteiger partial charge in [0.2, 0.25) is 0 Å². The van der Waals surface area contributed by atoms with Crippen molar-refractivity contribution in [3.8, 4) is 0 Å². The Kier molecular flexibility index (Phi) is 4.42. The van der Waals surface area contributed by atoms with E-state index < -0.39 is 0 Å². The lowest BCUT2D eigenvalue weighted by atomic mass is 10.2. The predicted molar refractivity (Wildman–Crippen MR) is 74.9 cm³/mol. The molecule has 3 nitrogen and oxygen atoms in total. The minimum Gasteiger partial charge on any atom is -0.370 e. The van der Waals surface area contributed by atoms with Crippen LogP contribution in [-0.4, -0.2) is 12.0 Å². The molecule has 0 radical (unpaired) electrons. The number of hydrogen-bond donors (Lipinski definition) is 2. The Labute approximate surface area is 111 Å². The van der Waals surface area contributed by atoms with Crippen molar-refractivity contribution in [1.29, 1.82) is 0 Å². The summed E-state index contributed by atoms with van der Waals surface area (Å²) in [5, 5.41) is 3.28. The second-order valence-electron chi connectivity index (χ2n) is 4.42. The van der Waals surface area contributed by atoms with Crippen LogP contribution in [0.4, 0.5) is 0 Å². The number of nitrogens with one attached hydrogen (secondary N) is 1. The van der Waals surface area contributed by atoms with E-state index in [2.05, 4.69) is 32.3 Å². The van der Waals surface area contributed by atoms with Gasteiger partial charge in [-0.25, -0.2) is 4.99 Å². The van der Waals surface area contributed by atoms with Crippen molar-refractivity contribution >= 4 is 21.9 Å². The maximum atomic E-state index is 5.88. The Morgan fingerprint density at radius 1 is 1.35 bits per heavy atom. The van der Waals surface area contributed by atoms with Crippen molar-refractivity contribution in [2.75, 3.05) is 0 Å². The minimum absolute atomic E-state index is 0.526. The minimum atomic E-state index is 0.526. The molecule has 1 aromatic carbocycles. The van der Waals surface area contributed by atoms with Crippen LogP contribution >= 0.6 is 15.9 Å². The van der Waals surface area contributed by atoms with E-state index in [4.69, 9.17) is 5.73 Å². The lowest BCUT2D eigenvalue weighted by Crippen LogP contribution is -2.38. The van der Waals surface area contributed by atoms with Crippen LogP contribution in [0.3, 0.4) is 0 Å². The van der Waals surface area contributed by atoms with Gasteiger partial charge in [0.25, 0.3) is 0 Å². The highest BCUT2D eigenvalue weighted by molar-refractivity contribution is 9.10. The summed E-state index contributed by atoms with van der Waals surface area (Å²) in [6.45, 7) is 0.618. The summed E-state index contributed by atoms with van der Waals surface area (Å²) in [4.78, 5) is 4.37. The van der Waals surface area contributed by atoms with Crippen molar-refractivity contribution in [1.82, 2.24) is 5.32 Å². The van der Waals surface area contributed by atoms with Crippen molar-refractivity contribution in [2.45, 2.75) is 38.3 Å². The van der Waals surface area contributed by atoms with E-state index in [1.807, 2.05) is 18.2 Å². The van der Waals surface area contributed by atoms with Crippen LogP contribution in [0, 0.1) is 0 Å². The van der Waals surface area contributed by atoms with Crippen LogP contribution in [-0.2, 0) is 6.54 Å². The maximum Gasteiger partial charge on any atom is 0.189 e. The molecular formula is C13H18BrN3. The first-order chi connectivity index (χ1) is 8.25. The molecular weight excluding hydrogens is 278 g/mol. The maximum absolute atomic E-state index is 5.88. The Balaban J connectivity index is 1.89. The van der Waals surface area contributed by atoms with Gasteiger partial charge in [0.05, 0.1) is 6.54 Å². The molecule has 0 unspecified atom stereocenters. The summed E-state index contributed by atoms with van der Waals surface area (Å²) in [6, 6.07) is 8.60. The third-order valence-corrected chi connectivity index (χ3v) is 3.86. The summed E-state index contributed by atoms with van der Waals surface area (Å²) in [5.41, 5.74) is 7.03. The first kappa shape index (κ1) is 12.4.